The Morgan fingerprint density at radius 3 is 2.67 bits per heavy atom. The van der Waals surface area contributed by atoms with Gasteiger partial charge in [-0.05, 0) is 43.6 Å². The fraction of sp³-hybridized carbons (Fsp3) is 0.391. The maximum atomic E-state index is 14.2. The third kappa shape index (κ3) is 3.07. The van der Waals surface area contributed by atoms with Crippen molar-refractivity contribution in [3.63, 3.8) is 0 Å². The number of nitrogens with one attached hydrogen (secondary N) is 2. The third-order valence-corrected chi connectivity index (χ3v) is 7.35. The molecule has 0 radical (unpaired) electrons. The number of anilines is 1. The second-order valence-corrected chi connectivity index (χ2v) is 9.12. The molecule has 3 fully saturated rings. The molecular formula is C23H22F2N6O2. The number of hydrogen-bond donors (Lipinski definition) is 3. The van der Waals surface area contributed by atoms with E-state index in [-0.39, 0.29) is 29.2 Å². The van der Waals surface area contributed by atoms with E-state index in [1.165, 1.54) is 6.07 Å². The molecule has 0 amide bonds. The number of aryl methyl sites for hydroxylation is 1. The molecule has 0 unspecified atom stereocenters. The van der Waals surface area contributed by atoms with E-state index in [1.54, 1.807) is 24.1 Å². The van der Waals surface area contributed by atoms with Crippen LogP contribution < -0.4 is 5.32 Å². The smallest absolute Gasteiger partial charge is 0.308 e. The van der Waals surface area contributed by atoms with Crippen molar-refractivity contribution >= 4 is 33.7 Å². The van der Waals surface area contributed by atoms with E-state index in [1.807, 2.05) is 0 Å². The number of carboxylic acids is 1. The van der Waals surface area contributed by atoms with E-state index >= 15 is 0 Å². The zero-order chi connectivity index (χ0) is 22.9. The van der Waals surface area contributed by atoms with Crippen LogP contribution in [0.15, 0.2) is 24.5 Å². The van der Waals surface area contributed by atoms with Gasteiger partial charge in [0.25, 0.3) is 0 Å². The normalized spacial score (nSPS) is 24.6. The van der Waals surface area contributed by atoms with E-state index in [9.17, 15) is 18.7 Å². The highest BCUT2D eigenvalue weighted by molar-refractivity contribution is 5.96. The molecule has 2 bridgehead atoms. The maximum absolute atomic E-state index is 14.2. The lowest BCUT2D eigenvalue weighted by Gasteiger charge is -2.47. The average Bonchev–Trinajstić information content (AvgIpc) is 3.38. The predicted octanol–water partition coefficient (Wildman–Crippen LogP) is 4.09. The molecule has 0 spiro atoms. The van der Waals surface area contributed by atoms with E-state index < -0.39 is 23.5 Å². The van der Waals surface area contributed by atoms with Crippen molar-refractivity contribution in [3.05, 3.63) is 36.2 Å². The van der Waals surface area contributed by atoms with Crippen LogP contribution in [0.1, 0.15) is 25.7 Å². The van der Waals surface area contributed by atoms with Crippen molar-refractivity contribution in [3.8, 4) is 11.4 Å². The lowest BCUT2D eigenvalue weighted by Crippen LogP contribution is -2.51. The molecule has 0 saturated heterocycles. The Kier molecular flexibility index (Phi) is 4.40. The molecule has 0 aliphatic heterocycles. The van der Waals surface area contributed by atoms with Gasteiger partial charge in [0.05, 0.1) is 23.0 Å². The Labute approximate surface area is 187 Å². The van der Waals surface area contributed by atoms with Crippen molar-refractivity contribution < 1.29 is 18.7 Å². The Morgan fingerprint density at radius 1 is 1.15 bits per heavy atom. The number of benzene rings is 1. The SMILES string of the molecule is Cn1ncc2c(N[C@H]3C4CCC(CC4)[C@H]3C(=O)O)nc(-c3c[nH]c4c(F)cc(F)cc34)nc21. The van der Waals surface area contributed by atoms with Gasteiger partial charge in [-0.1, -0.05) is 0 Å². The fourth-order valence-corrected chi connectivity index (χ4v) is 5.76. The Hall–Kier alpha value is -3.56. The first-order valence-electron chi connectivity index (χ1n) is 11.1. The summed E-state index contributed by atoms with van der Waals surface area (Å²) < 4.78 is 29.8. The number of hydrogen-bond acceptors (Lipinski definition) is 5. The maximum Gasteiger partial charge on any atom is 0.308 e. The molecule has 3 N–H and O–H groups in total. The molecule has 3 saturated carbocycles. The first-order valence-corrected chi connectivity index (χ1v) is 11.1. The van der Waals surface area contributed by atoms with Gasteiger partial charge in [-0.15, -0.1) is 0 Å². The second-order valence-electron chi connectivity index (χ2n) is 9.12. The molecule has 33 heavy (non-hydrogen) atoms. The van der Waals surface area contributed by atoms with Crippen LogP contribution in [0.4, 0.5) is 14.6 Å². The average molecular weight is 452 g/mol. The van der Waals surface area contributed by atoms with Gasteiger partial charge in [0, 0.05) is 36.3 Å². The number of carbonyl (C=O) groups is 1. The minimum atomic E-state index is -0.791. The van der Waals surface area contributed by atoms with Gasteiger partial charge >= 0.3 is 5.97 Å². The summed E-state index contributed by atoms with van der Waals surface area (Å²) in [6, 6.07) is 1.82. The second kappa shape index (κ2) is 7.23. The lowest BCUT2D eigenvalue weighted by molar-refractivity contribution is -0.148. The largest absolute Gasteiger partial charge is 0.481 e. The molecule has 7 rings (SSSR count). The van der Waals surface area contributed by atoms with Gasteiger partial charge in [0.2, 0.25) is 0 Å². The van der Waals surface area contributed by atoms with Crippen LogP contribution in [0.5, 0.6) is 0 Å². The van der Waals surface area contributed by atoms with Crippen LogP contribution in [-0.4, -0.2) is 41.9 Å². The number of aromatic nitrogens is 5. The molecule has 170 valence electrons. The summed E-state index contributed by atoms with van der Waals surface area (Å²) in [7, 11) is 1.75. The Bertz CT molecular complexity index is 1410. The highest BCUT2D eigenvalue weighted by atomic mass is 19.1. The van der Waals surface area contributed by atoms with Gasteiger partial charge in [0.15, 0.2) is 11.5 Å². The van der Waals surface area contributed by atoms with Gasteiger partial charge < -0.3 is 15.4 Å². The predicted molar refractivity (Wildman–Crippen MR) is 117 cm³/mol. The summed E-state index contributed by atoms with van der Waals surface area (Å²) in [5, 5.41) is 18.7. The number of aliphatic carboxylic acids is 1. The fourth-order valence-electron chi connectivity index (χ4n) is 5.76. The molecule has 3 aromatic heterocycles. The van der Waals surface area contributed by atoms with E-state index in [0.717, 1.165) is 31.7 Å². The Morgan fingerprint density at radius 2 is 1.91 bits per heavy atom. The molecule has 4 aromatic rings. The van der Waals surface area contributed by atoms with Crippen LogP contribution in [0.2, 0.25) is 0 Å². The molecule has 3 heterocycles. The number of halogens is 2. The summed E-state index contributed by atoms with van der Waals surface area (Å²) >= 11 is 0. The molecule has 1 aromatic carbocycles. The summed E-state index contributed by atoms with van der Waals surface area (Å²) in [6.45, 7) is 0. The van der Waals surface area contributed by atoms with Crippen LogP contribution in [-0.2, 0) is 11.8 Å². The van der Waals surface area contributed by atoms with Crippen molar-refractivity contribution in [2.24, 2.45) is 24.8 Å². The monoisotopic (exact) mass is 452 g/mol. The molecule has 10 heteroatoms. The summed E-state index contributed by atoms with van der Waals surface area (Å²) in [6.07, 6.45) is 7.04. The first kappa shape index (κ1) is 20.1. The molecular weight excluding hydrogens is 430 g/mol. The number of nitrogens with zero attached hydrogens (tertiary/aromatic N) is 4. The quantitative estimate of drug-likeness (QED) is 0.430. The number of aromatic amines is 1. The van der Waals surface area contributed by atoms with E-state index in [4.69, 9.17) is 4.98 Å². The summed E-state index contributed by atoms with van der Waals surface area (Å²) in [4.78, 5) is 24.3. The molecule has 8 nitrogen and oxygen atoms in total. The topological polar surface area (TPSA) is 109 Å². The minimum Gasteiger partial charge on any atom is -0.481 e. The Balaban J connectivity index is 1.49. The number of carboxylic acid groups (broad SMARTS) is 1. The minimum absolute atomic E-state index is 0.148. The highest BCUT2D eigenvalue weighted by Crippen LogP contribution is 2.46. The molecule has 2 atom stereocenters. The molecule has 3 aliphatic carbocycles. The number of rotatable bonds is 4. The van der Waals surface area contributed by atoms with Crippen molar-refractivity contribution in [2.45, 2.75) is 31.7 Å². The zero-order valence-corrected chi connectivity index (χ0v) is 17.8. The van der Waals surface area contributed by atoms with Crippen LogP contribution >= 0.6 is 0 Å². The number of H-pyrrole nitrogens is 1. The van der Waals surface area contributed by atoms with Crippen molar-refractivity contribution in [2.75, 3.05) is 5.32 Å². The van der Waals surface area contributed by atoms with Crippen LogP contribution in [0.25, 0.3) is 33.3 Å². The number of fused-ring (bicyclic) bond motifs is 5. The van der Waals surface area contributed by atoms with Crippen molar-refractivity contribution in [1.29, 1.82) is 0 Å². The standard InChI is InChI=1S/C23H22F2N6O2/c1-31-22-15(9-27-31)21(28-18-11-4-2-10(3-5-11)17(18)23(32)33)29-20(30-22)14-8-26-19-13(14)6-12(24)7-16(19)25/h6-11,17-18,26H,2-5H2,1H3,(H,32,33)(H,28,29,30)/t10?,11?,17-,18+/m1/s1. The van der Waals surface area contributed by atoms with Gasteiger partial charge in [-0.25, -0.2) is 18.7 Å². The van der Waals surface area contributed by atoms with Gasteiger partial charge in [0.1, 0.15) is 17.5 Å². The molecule has 3 aliphatic rings. The summed E-state index contributed by atoms with van der Waals surface area (Å²) in [5.41, 5.74) is 1.17. The van der Waals surface area contributed by atoms with Crippen LogP contribution in [0.3, 0.4) is 0 Å². The van der Waals surface area contributed by atoms with Crippen molar-refractivity contribution in [1.82, 2.24) is 24.7 Å². The van der Waals surface area contributed by atoms with Crippen LogP contribution in [0, 0.1) is 29.4 Å². The van der Waals surface area contributed by atoms with Gasteiger partial charge in [-0.2, -0.15) is 5.10 Å². The highest BCUT2D eigenvalue weighted by Gasteiger charge is 2.47. The summed E-state index contributed by atoms with van der Waals surface area (Å²) in [5.74, 6) is -1.51. The third-order valence-electron chi connectivity index (χ3n) is 7.35. The zero-order valence-electron chi connectivity index (χ0n) is 17.8. The van der Waals surface area contributed by atoms with E-state index in [2.05, 4.69) is 20.4 Å². The first-order chi connectivity index (χ1) is 15.9. The van der Waals surface area contributed by atoms with Gasteiger partial charge in [-0.3, -0.25) is 9.48 Å². The van der Waals surface area contributed by atoms with E-state index in [0.29, 0.717) is 27.8 Å². The lowest BCUT2D eigenvalue weighted by atomic mass is 9.61.